The molecule has 1 aliphatic heterocycles. The molecule has 1 aliphatic rings. The lowest BCUT2D eigenvalue weighted by molar-refractivity contribution is 0.0730. The number of ether oxygens (including phenoxy) is 1. The lowest BCUT2D eigenvalue weighted by Gasteiger charge is -2.27. The molecule has 6 heteroatoms. The smallest absolute Gasteiger partial charge is 0.243 e. The summed E-state index contributed by atoms with van der Waals surface area (Å²) in [5, 5.41) is 3.27. The highest BCUT2D eigenvalue weighted by Gasteiger charge is 2.28. The second-order valence-corrected chi connectivity index (χ2v) is 7.07. The van der Waals surface area contributed by atoms with Crippen molar-refractivity contribution in [1.82, 2.24) is 9.62 Å². The van der Waals surface area contributed by atoms with Gasteiger partial charge in [-0.15, -0.1) is 0 Å². The first-order valence-electron chi connectivity index (χ1n) is 6.91. The molecule has 1 fully saturated rings. The third-order valence-electron chi connectivity index (χ3n) is 3.26. The lowest BCUT2D eigenvalue weighted by Crippen LogP contribution is -2.41. The van der Waals surface area contributed by atoms with Crippen LogP contribution in [0.15, 0.2) is 29.2 Å². The van der Waals surface area contributed by atoms with Crippen molar-refractivity contribution in [1.29, 1.82) is 0 Å². The van der Waals surface area contributed by atoms with Crippen molar-refractivity contribution < 1.29 is 13.2 Å². The van der Waals surface area contributed by atoms with E-state index < -0.39 is 10.0 Å². The maximum Gasteiger partial charge on any atom is 0.243 e. The number of rotatable bonds is 5. The van der Waals surface area contributed by atoms with Gasteiger partial charge in [0, 0.05) is 25.7 Å². The highest BCUT2D eigenvalue weighted by atomic mass is 32.2. The van der Waals surface area contributed by atoms with Gasteiger partial charge in [0.15, 0.2) is 0 Å². The third-order valence-corrected chi connectivity index (χ3v) is 5.26. The van der Waals surface area contributed by atoms with Gasteiger partial charge in [-0.2, -0.15) is 4.31 Å². The summed E-state index contributed by atoms with van der Waals surface area (Å²) in [7, 11) is -3.43. The van der Waals surface area contributed by atoms with Gasteiger partial charge in [-0.1, -0.05) is 32.0 Å². The van der Waals surface area contributed by atoms with Crippen LogP contribution in [0.2, 0.25) is 0 Å². The fourth-order valence-electron chi connectivity index (χ4n) is 2.14. The summed E-state index contributed by atoms with van der Waals surface area (Å²) in [6, 6.07) is 7.50. The van der Waals surface area contributed by atoms with Gasteiger partial charge in [0.2, 0.25) is 10.0 Å². The Labute approximate surface area is 121 Å². The number of sulfonamides is 1. The van der Waals surface area contributed by atoms with Crippen LogP contribution in [0, 0.1) is 0 Å². The number of nitrogens with one attached hydrogen (secondary N) is 1. The van der Waals surface area contributed by atoms with Gasteiger partial charge in [0.05, 0.1) is 18.1 Å². The molecule has 112 valence electrons. The van der Waals surface area contributed by atoms with Gasteiger partial charge in [-0.3, -0.25) is 0 Å². The van der Waals surface area contributed by atoms with E-state index in [1.165, 1.54) is 4.31 Å². The van der Waals surface area contributed by atoms with Crippen LogP contribution in [0.1, 0.15) is 19.4 Å². The summed E-state index contributed by atoms with van der Waals surface area (Å²) in [5.74, 6) is 0. The van der Waals surface area contributed by atoms with Gasteiger partial charge in [0.1, 0.15) is 0 Å². The van der Waals surface area contributed by atoms with Gasteiger partial charge < -0.3 is 10.1 Å². The molecule has 0 unspecified atom stereocenters. The quantitative estimate of drug-likeness (QED) is 0.887. The topological polar surface area (TPSA) is 58.6 Å². The molecule has 1 N–H and O–H groups in total. The maximum atomic E-state index is 12.7. The maximum absolute atomic E-state index is 12.7. The summed E-state index contributed by atoms with van der Waals surface area (Å²) >= 11 is 0. The van der Waals surface area contributed by atoms with E-state index in [4.69, 9.17) is 4.74 Å². The Morgan fingerprint density at radius 3 is 2.55 bits per heavy atom. The highest BCUT2D eigenvalue weighted by Crippen LogP contribution is 2.21. The standard InChI is InChI=1S/C14H22N2O3S/c1-12(2)15-11-13-5-3-4-6-14(13)20(17,18)16-7-9-19-10-8-16/h3-6,12,15H,7-11H2,1-2H3. The van der Waals surface area contributed by atoms with E-state index in [0.29, 0.717) is 43.8 Å². The average Bonchev–Trinajstić information content (AvgIpc) is 2.46. The largest absolute Gasteiger partial charge is 0.379 e. The van der Waals surface area contributed by atoms with Crippen molar-refractivity contribution in [3.05, 3.63) is 29.8 Å². The molecule has 5 nitrogen and oxygen atoms in total. The normalized spacial score (nSPS) is 17.6. The van der Waals surface area contributed by atoms with Crippen LogP contribution < -0.4 is 5.32 Å². The number of hydrogen-bond acceptors (Lipinski definition) is 4. The molecule has 1 aromatic rings. The SMILES string of the molecule is CC(C)NCc1ccccc1S(=O)(=O)N1CCOCC1. The molecule has 1 heterocycles. The van der Waals surface area contributed by atoms with Crippen molar-refractivity contribution in [3.63, 3.8) is 0 Å². The lowest BCUT2D eigenvalue weighted by atomic mass is 10.2. The number of benzene rings is 1. The first-order valence-corrected chi connectivity index (χ1v) is 8.35. The zero-order chi connectivity index (χ0) is 14.6. The Balaban J connectivity index is 2.26. The Hall–Kier alpha value is -0.950. The molecule has 2 rings (SSSR count). The second-order valence-electron chi connectivity index (χ2n) is 5.16. The predicted octanol–water partition coefficient (Wildman–Crippen LogP) is 1.21. The summed E-state index contributed by atoms with van der Waals surface area (Å²) in [6.45, 7) is 6.41. The molecule has 1 saturated heterocycles. The first-order chi connectivity index (χ1) is 9.51. The van der Waals surface area contributed by atoms with Crippen LogP contribution in [0.3, 0.4) is 0 Å². The van der Waals surface area contributed by atoms with E-state index in [1.54, 1.807) is 12.1 Å². The van der Waals surface area contributed by atoms with Gasteiger partial charge in [0.25, 0.3) is 0 Å². The number of hydrogen-bond donors (Lipinski definition) is 1. The molecule has 0 spiro atoms. The molecular weight excluding hydrogens is 276 g/mol. The molecule has 20 heavy (non-hydrogen) atoms. The molecular formula is C14H22N2O3S. The van der Waals surface area contributed by atoms with Crippen molar-refractivity contribution in [2.24, 2.45) is 0 Å². The van der Waals surface area contributed by atoms with Crippen LogP contribution in [0.5, 0.6) is 0 Å². The molecule has 0 radical (unpaired) electrons. The summed E-state index contributed by atoms with van der Waals surface area (Å²) in [5.41, 5.74) is 0.813. The van der Waals surface area contributed by atoms with E-state index in [1.807, 2.05) is 26.0 Å². The van der Waals surface area contributed by atoms with Crippen molar-refractivity contribution in [2.45, 2.75) is 31.3 Å². The van der Waals surface area contributed by atoms with Crippen LogP contribution in [0.25, 0.3) is 0 Å². The molecule has 0 amide bonds. The van der Waals surface area contributed by atoms with E-state index in [9.17, 15) is 8.42 Å². The molecule has 0 aliphatic carbocycles. The van der Waals surface area contributed by atoms with E-state index in [2.05, 4.69) is 5.32 Å². The highest BCUT2D eigenvalue weighted by molar-refractivity contribution is 7.89. The molecule has 0 bridgehead atoms. The molecule has 1 aromatic carbocycles. The van der Waals surface area contributed by atoms with Crippen molar-refractivity contribution in [2.75, 3.05) is 26.3 Å². The summed E-state index contributed by atoms with van der Waals surface area (Å²) in [6.07, 6.45) is 0. The number of nitrogens with zero attached hydrogens (tertiary/aromatic N) is 1. The summed E-state index contributed by atoms with van der Waals surface area (Å²) < 4.78 is 32.1. The Morgan fingerprint density at radius 2 is 1.90 bits per heavy atom. The van der Waals surface area contributed by atoms with Crippen molar-refractivity contribution in [3.8, 4) is 0 Å². The minimum atomic E-state index is -3.43. The summed E-state index contributed by atoms with van der Waals surface area (Å²) in [4.78, 5) is 0.398. The zero-order valence-corrected chi connectivity index (χ0v) is 12.8. The van der Waals surface area contributed by atoms with E-state index in [-0.39, 0.29) is 0 Å². The Morgan fingerprint density at radius 1 is 1.25 bits per heavy atom. The molecule has 0 aromatic heterocycles. The fourth-order valence-corrected chi connectivity index (χ4v) is 3.77. The van der Waals surface area contributed by atoms with Crippen molar-refractivity contribution >= 4 is 10.0 Å². The minimum Gasteiger partial charge on any atom is -0.379 e. The average molecular weight is 298 g/mol. The van der Waals surface area contributed by atoms with Crippen LogP contribution in [-0.2, 0) is 21.3 Å². The van der Waals surface area contributed by atoms with Gasteiger partial charge >= 0.3 is 0 Å². The Kier molecular flexibility index (Phi) is 5.15. The van der Waals surface area contributed by atoms with Crippen LogP contribution in [-0.4, -0.2) is 45.1 Å². The fraction of sp³-hybridized carbons (Fsp3) is 0.571. The van der Waals surface area contributed by atoms with Gasteiger partial charge in [-0.25, -0.2) is 8.42 Å². The monoisotopic (exact) mass is 298 g/mol. The first kappa shape index (κ1) is 15.4. The molecule has 0 atom stereocenters. The number of morpholine rings is 1. The predicted molar refractivity (Wildman–Crippen MR) is 78.0 cm³/mol. The Bertz CT molecular complexity index is 537. The zero-order valence-electron chi connectivity index (χ0n) is 12.0. The van der Waals surface area contributed by atoms with Crippen LogP contribution >= 0.6 is 0 Å². The third kappa shape index (κ3) is 3.58. The van der Waals surface area contributed by atoms with Gasteiger partial charge in [-0.05, 0) is 11.6 Å². The minimum absolute atomic E-state index is 0.314. The molecule has 0 saturated carbocycles. The van der Waals surface area contributed by atoms with Crippen LogP contribution in [0.4, 0.5) is 0 Å². The van der Waals surface area contributed by atoms with E-state index >= 15 is 0 Å². The van der Waals surface area contributed by atoms with E-state index in [0.717, 1.165) is 5.56 Å². The second kappa shape index (κ2) is 6.67.